The summed E-state index contributed by atoms with van der Waals surface area (Å²) in [5.74, 6) is -1.17. The number of aryl methyl sites for hydroxylation is 1. The zero-order valence-corrected chi connectivity index (χ0v) is 9.26. The first-order valence-corrected chi connectivity index (χ1v) is 5.04. The van der Waals surface area contributed by atoms with Gasteiger partial charge >= 0.3 is 5.97 Å². The van der Waals surface area contributed by atoms with Crippen LogP contribution in [-0.4, -0.2) is 16.1 Å². The summed E-state index contributed by atoms with van der Waals surface area (Å²) in [6.07, 6.45) is -3.12. The Hall–Kier alpha value is -1.23. The van der Waals surface area contributed by atoms with Crippen molar-refractivity contribution in [2.45, 2.75) is 25.7 Å². The number of alkyl halides is 3. The minimum atomic E-state index is -2.75. The van der Waals surface area contributed by atoms with E-state index in [0.29, 0.717) is 5.56 Å². The SMILES string of the molecule is Cc1cc(CCl)c(C(F)F)nc1CC(=O)O. The predicted octanol–water partition coefficient (Wildman–Crippen LogP) is 2.69. The Kier molecular flexibility index (Phi) is 4.18. The molecule has 1 heterocycles. The van der Waals surface area contributed by atoms with E-state index in [1.807, 2.05) is 0 Å². The predicted molar refractivity (Wildman–Crippen MR) is 54.8 cm³/mol. The Morgan fingerprint density at radius 3 is 2.69 bits per heavy atom. The summed E-state index contributed by atoms with van der Waals surface area (Å²) in [5.41, 5.74) is 0.513. The third-order valence-electron chi connectivity index (χ3n) is 2.10. The minimum absolute atomic E-state index is 0.0686. The van der Waals surface area contributed by atoms with Gasteiger partial charge in [-0.25, -0.2) is 8.78 Å². The number of hydrogen-bond donors (Lipinski definition) is 1. The third kappa shape index (κ3) is 2.88. The fourth-order valence-electron chi connectivity index (χ4n) is 1.34. The van der Waals surface area contributed by atoms with Crippen LogP contribution in [0.3, 0.4) is 0 Å². The van der Waals surface area contributed by atoms with E-state index in [-0.39, 0.29) is 23.6 Å². The summed E-state index contributed by atoms with van der Waals surface area (Å²) in [7, 11) is 0. The average Bonchev–Trinajstić information content (AvgIpc) is 2.19. The van der Waals surface area contributed by atoms with Crippen LogP contribution in [0.5, 0.6) is 0 Å². The highest BCUT2D eigenvalue weighted by Crippen LogP contribution is 2.24. The molecule has 1 rings (SSSR count). The summed E-state index contributed by atoms with van der Waals surface area (Å²) in [6, 6.07) is 1.46. The van der Waals surface area contributed by atoms with Gasteiger partial charge in [0.05, 0.1) is 12.1 Å². The zero-order valence-electron chi connectivity index (χ0n) is 8.51. The van der Waals surface area contributed by atoms with Gasteiger partial charge in [0.2, 0.25) is 0 Å². The number of aliphatic carboxylic acids is 1. The summed E-state index contributed by atoms with van der Waals surface area (Å²) in [6.45, 7) is 1.62. The van der Waals surface area contributed by atoms with Gasteiger partial charge in [-0.15, -0.1) is 11.6 Å². The van der Waals surface area contributed by atoms with Gasteiger partial charge in [-0.05, 0) is 18.1 Å². The molecular formula is C10H10ClF2NO2. The molecule has 1 aromatic rings. The van der Waals surface area contributed by atoms with Crippen molar-refractivity contribution in [3.63, 3.8) is 0 Å². The molecule has 0 saturated heterocycles. The Morgan fingerprint density at radius 2 is 2.25 bits per heavy atom. The van der Waals surface area contributed by atoms with Crippen molar-refractivity contribution in [3.8, 4) is 0 Å². The molecule has 16 heavy (non-hydrogen) atoms. The molecule has 0 aromatic carbocycles. The smallest absolute Gasteiger partial charge is 0.309 e. The van der Waals surface area contributed by atoms with Gasteiger partial charge < -0.3 is 5.11 Å². The number of carboxylic acid groups (broad SMARTS) is 1. The molecule has 0 saturated carbocycles. The lowest BCUT2D eigenvalue weighted by Gasteiger charge is -2.10. The maximum Gasteiger partial charge on any atom is 0.309 e. The van der Waals surface area contributed by atoms with Gasteiger partial charge in [0.25, 0.3) is 6.43 Å². The van der Waals surface area contributed by atoms with E-state index in [9.17, 15) is 13.6 Å². The van der Waals surface area contributed by atoms with Gasteiger partial charge in [0.1, 0.15) is 5.69 Å². The van der Waals surface area contributed by atoms with E-state index in [0.717, 1.165) is 0 Å². The summed E-state index contributed by atoms with van der Waals surface area (Å²) >= 11 is 5.52. The standard InChI is InChI=1S/C10H10ClF2NO2/c1-5-2-6(4-11)9(10(12)13)14-7(5)3-8(15)16/h2,10H,3-4H2,1H3,(H,15,16). The number of carbonyl (C=O) groups is 1. The number of aromatic nitrogens is 1. The van der Waals surface area contributed by atoms with Crippen LogP contribution >= 0.6 is 11.6 Å². The Morgan fingerprint density at radius 1 is 1.62 bits per heavy atom. The van der Waals surface area contributed by atoms with Crippen LogP contribution in [0.2, 0.25) is 0 Å². The monoisotopic (exact) mass is 249 g/mol. The average molecular weight is 250 g/mol. The number of pyridine rings is 1. The Balaban J connectivity index is 3.21. The van der Waals surface area contributed by atoms with Gasteiger partial charge in [0, 0.05) is 5.88 Å². The van der Waals surface area contributed by atoms with Gasteiger partial charge in [-0.1, -0.05) is 6.07 Å². The highest BCUT2D eigenvalue weighted by Gasteiger charge is 2.17. The quantitative estimate of drug-likeness (QED) is 0.835. The largest absolute Gasteiger partial charge is 0.481 e. The van der Waals surface area contributed by atoms with E-state index in [2.05, 4.69) is 4.98 Å². The van der Waals surface area contributed by atoms with Crippen molar-refractivity contribution in [1.82, 2.24) is 4.98 Å². The van der Waals surface area contributed by atoms with Crippen LogP contribution in [0, 0.1) is 6.92 Å². The lowest BCUT2D eigenvalue weighted by atomic mass is 10.1. The molecule has 0 bridgehead atoms. The molecule has 0 amide bonds. The minimum Gasteiger partial charge on any atom is -0.481 e. The normalized spacial score (nSPS) is 10.8. The number of nitrogens with zero attached hydrogens (tertiary/aromatic N) is 1. The van der Waals surface area contributed by atoms with Crippen molar-refractivity contribution in [3.05, 3.63) is 28.6 Å². The molecule has 0 aliphatic carbocycles. The molecule has 0 fully saturated rings. The highest BCUT2D eigenvalue weighted by atomic mass is 35.5. The molecule has 0 radical (unpaired) electrons. The second kappa shape index (κ2) is 5.21. The molecule has 0 aliphatic rings. The van der Waals surface area contributed by atoms with Gasteiger partial charge in [0.15, 0.2) is 0 Å². The third-order valence-corrected chi connectivity index (χ3v) is 2.39. The molecule has 0 aliphatic heterocycles. The second-order valence-corrected chi connectivity index (χ2v) is 3.57. The topological polar surface area (TPSA) is 50.2 Å². The molecule has 6 heteroatoms. The van der Waals surface area contributed by atoms with E-state index in [4.69, 9.17) is 16.7 Å². The van der Waals surface area contributed by atoms with Crippen LogP contribution in [0.15, 0.2) is 6.07 Å². The van der Waals surface area contributed by atoms with Crippen LogP contribution in [0.4, 0.5) is 8.78 Å². The summed E-state index contributed by atoms with van der Waals surface area (Å²) in [5, 5.41) is 8.59. The van der Waals surface area contributed by atoms with Crippen molar-refractivity contribution >= 4 is 17.6 Å². The van der Waals surface area contributed by atoms with Crippen molar-refractivity contribution < 1.29 is 18.7 Å². The molecule has 0 spiro atoms. The molecule has 1 N–H and O–H groups in total. The number of hydrogen-bond acceptors (Lipinski definition) is 2. The first kappa shape index (κ1) is 12.8. The number of rotatable bonds is 4. The zero-order chi connectivity index (χ0) is 12.3. The lowest BCUT2D eigenvalue weighted by molar-refractivity contribution is -0.136. The van der Waals surface area contributed by atoms with Crippen molar-refractivity contribution in [1.29, 1.82) is 0 Å². The van der Waals surface area contributed by atoms with E-state index in [1.165, 1.54) is 6.07 Å². The first-order chi connectivity index (χ1) is 7.45. The lowest BCUT2D eigenvalue weighted by Crippen LogP contribution is -2.08. The molecule has 0 atom stereocenters. The highest BCUT2D eigenvalue weighted by molar-refractivity contribution is 6.17. The van der Waals surface area contributed by atoms with Gasteiger partial charge in [-0.2, -0.15) is 0 Å². The van der Waals surface area contributed by atoms with Crippen LogP contribution in [0.25, 0.3) is 0 Å². The van der Waals surface area contributed by atoms with Gasteiger partial charge in [-0.3, -0.25) is 9.78 Å². The maximum absolute atomic E-state index is 12.6. The Bertz CT molecular complexity index is 410. The van der Waals surface area contributed by atoms with Crippen LogP contribution in [-0.2, 0) is 17.1 Å². The van der Waals surface area contributed by atoms with Crippen LogP contribution < -0.4 is 0 Å². The van der Waals surface area contributed by atoms with E-state index >= 15 is 0 Å². The van der Waals surface area contributed by atoms with Crippen LogP contribution in [0.1, 0.15) is 28.9 Å². The number of halogens is 3. The first-order valence-electron chi connectivity index (χ1n) is 4.51. The fraction of sp³-hybridized carbons (Fsp3) is 0.400. The molecular weight excluding hydrogens is 240 g/mol. The molecule has 1 aromatic heterocycles. The molecule has 88 valence electrons. The van der Waals surface area contributed by atoms with E-state index < -0.39 is 18.1 Å². The Labute approximate surface area is 96.1 Å². The van der Waals surface area contributed by atoms with E-state index in [1.54, 1.807) is 6.92 Å². The van der Waals surface area contributed by atoms with Crippen molar-refractivity contribution in [2.24, 2.45) is 0 Å². The maximum atomic E-state index is 12.6. The molecule has 0 unspecified atom stereocenters. The second-order valence-electron chi connectivity index (χ2n) is 3.30. The van der Waals surface area contributed by atoms with Crippen molar-refractivity contribution in [2.75, 3.05) is 0 Å². The number of carboxylic acids is 1. The summed E-state index contributed by atoms with van der Waals surface area (Å²) < 4.78 is 25.2. The summed E-state index contributed by atoms with van der Waals surface area (Å²) in [4.78, 5) is 14.2. The fourth-order valence-corrected chi connectivity index (χ4v) is 1.56. The molecule has 3 nitrogen and oxygen atoms in total.